The first-order chi connectivity index (χ1) is 15.5. The van der Waals surface area contributed by atoms with Crippen LogP contribution in [0.2, 0.25) is 0 Å². The third kappa shape index (κ3) is 4.94. The molecule has 1 amide bonds. The Morgan fingerprint density at radius 2 is 1.75 bits per heavy atom. The summed E-state index contributed by atoms with van der Waals surface area (Å²) in [4.78, 5) is 30.4. The van der Waals surface area contributed by atoms with E-state index in [4.69, 9.17) is 0 Å². The highest BCUT2D eigenvalue weighted by molar-refractivity contribution is 6.00. The van der Waals surface area contributed by atoms with Crippen molar-refractivity contribution in [3.05, 3.63) is 59.9 Å². The number of carbonyl (C=O) groups is 1. The number of aryl methyl sites for hydroxylation is 1. The zero-order valence-electron chi connectivity index (χ0n) is 18.6. The van der Waals surface area contributed by atoms with Gasteiger partial charge in [-0.3, -0.25) is 4.79 Å². The second-order valence-electron chi connectivity index (χ2n) is 7.80. The molecule has 3 aromatic rings. The molecule has 32 heavy (non-hydrogen) atoms. The molecule has 166 valence electrons. The van der Waals surface area contributed by atoms with Crippen LogP contribution in [0.5, 0.6) is 0 Å². The topological polar surface area (TPSA) is 98.3 Å². The first-order valence-corrected chi connectivity index (χ1v) is 10.6. The number of likely N-dealkylation sites (N-methyl/N-ethyl adjacent to an activating group) is 1. The normalized spacial score (nSPS) is 14.2. The average molecular weight is 433 g/mol. The van der Waals surface area contributed by atoms with Gasteiger partial charge in [-0.2, -0.15) is 4.98 Å². The third-order valence-corrected chi connectivity index (χ3v) is 5.45. The molecule has 0 bridgehead atoms. The van der Waals surface area contributed by atoms with Gasteiger partial charge < -0.3 is 25.8 Å². The fourth-order valence-electron chi connectivity index (χ4n) is 3.49. The molecule has 2 aromatic heterocycles. The van der Waals surface area contributed by atoms with E-state index in [0.717, 1.165) is 43.2 Å². The Morgan fingerprint density at radius 1 is 0.969 bits per heavy atom. The Bertz CT molecular complexity index is 1080. The Labute approximate surface area is 187 Å². The summed E-state index contributed by atoms with van der Waals surface area (Å²) in [6.07, 6.45) is 3.54. The number of anilines is 5. The number of amides is 1. The lowest BCUT2D eigenvalue weighted by Crippen LogP contribution is -2.44. The molecule has 0 atom stereocenters. The van der Waals surface area contributed by atoms with Crippen LogP contribution in [0, 0.1) is 6.92 Å². The maximum absolute atomic E-state index is 12.2. The smallest absolute Gasteiger partial charge is 0.253 e. The molecule has 1 aromatic carbocycles. The Morgan fingerprint density at radius 3 is 2.47 bits per heavy atom. The number of aromatic nitrogens is 3. The Kier molecular flexibility index (Phi) is 6.46. The van der Waals surface area contributed by atoms with Crippen LogP contribution < -0.4 is 20.9 Å². The minimum absolute atomic E-state index is 0.162. The van der Waals surface area contributed by atoms with Gasteiger partial charge >= 0.3 is 0 Å². The standard InChI is InChI=1S/C23H28N8O/c1-16-14-26-23(29-21(16)28-19-7-5-4-6-18(19)22(32)24-2)27-17-8-9-20(25-15-17)31-12-10-30(3)11-13-31/h4-9,14-15H,10-13H2,1-3H3,(H,24,32)(H2,26,27,28,29). The molecule has 1 aliphatic rings. The maximum Gasteiger partial charge on any atom is 0.253 e. The summed E-state index contributed by atoms with van der Waals surface area (Å²) in [7, 11) is 3.75. The van der Waals surface area contributed by atoms with E-state index in [9.17, 15) is 4.79 Å². The number of para-hydroxylation sites is 1. The third-order valence-electron chi connectivity index (χ3n) is 5.45. The number of hydrogen-bond donors (Lipinski definition) is 3. The van der Waals surface area contributed by atoms with Crippen molar-refractivity contribution in [3.8, 4) is 0 Å². The highest BCUT2D eigenvalue weighted by Crippen LogP contribution is 2.24. The summed E-state index contributed by atoms with van der Waals surface area (Å²) in [6, 6.07) is 11.3. The van der Waals surface area contributed by atoms with Gasteiger partial charge in [0.25, 0.3) is 5.91 Å². The van der Waals surface area contributed by atoms with E-state index in [1.165, 1.54) is 0 Å². The maximum atomic E-state index is 12.2. The molecule has 0 radical (unpaired) electrons. The number of pyridine rings is 1. The van der Waals surface area contributed by atoms with E-state index in [-0.39, 0.29) is 5.91 Å². The predicted octanol–water partition coefficient (Wildman–Crippen LogP) is 2.78. The van der Waals surface area contributed by atoms with Gasteiger partial charge in [0.15, 0.2) is 0 Å². The number of nitrogens with one attached hydrogen (secondary N) is 3. The van der Waals surface area contributed by atoms with Crippen LogP contribution in [0.1, 0.15) is 15.9 Å². The summed E-state index contributed by atoms with van der Waals surface area (Å²) in [6.45, 7) is 5.95. The van der Waals surface area contributed by atoms with E-state index >= 15 is 0 Å². The number of piperazine rings is 1. The summed E-state index contributed by atoms with van der Waals surface area (Å²) >= 11 is 0. The molecule has 9 heteroatoms. The van der Waals surface area contributed by atoms with Crippen molar-refractivity contribution < 1.29 is 4.79 Å². The first kappa shape index (κ1) is 21.5. The van der Waals surface area contributed by atoms with Crippen molar-refractivity contribution in [1.29, 1.82) is 0 Å². The van der Waals surface area contributed by atoms with Gasteiger partial charge in [-0.25, -0.2) is 9.97 Å². The lowest BCUT2D eigenvalue weighted by atomic mass is 10.1. The van der Waals surface area contributed by atoms with Gasteiger partial charge in [0.1, 0.15) is 11.6 Å². The highest BCUT2D eigenvalue weighted by Gasteiger charge is 2.15. The SMILES string of the molecule is CNC(=O)c1ccccc1Nc1nc(Nc2ccc(N3CCN(C)CC3)nc2)ncc1C. The van der Waals surface area contributed by atoms with Crippen LogP contribution in [0.4, 0.5) is 29.0 Å². The van der Waals surface area contributed by atoms with Gasteiger partial charge in [0.05, 0.1) is 23.1 Å². The molecule has 1 aliphatic heterocycles. The monoisotopic (exact) mass is 432 g/mol. The molecule has 0 unspecified atom stereocenters. The number of nitrogens with zero attached hydrogens (tertiary/aromatic N) is 5. The molecule has 1 saturated heterocycles. The molecule has 1 fully saturated rings. The van der Waals surface area contributed by atoms with E-state index in [0.29, 0.717) is 23.0 Å². The molecule has 9 nitrogen and oxygen atoms in total. The van der Waals surface area contributed by atoms with E-state index in [1.807, 2.05) is 37.3 Å². The van der Waals surface area contributed by atoms with Crippen molar-refractivity contribution in [1.82, 2.24) is 25.2 Å². The van der Waals surface area contributed by atoms with Crippen LogP contribution in [0.15, 0.2) is 48.8 Å². The zero-order chi connectivity index (χ0) is 22.5. The molecule has 3 heterocycles. The second-order valence-corrected chi connectivity index (χ2v) is 7.80. The number of hydrogen-bond acceptors (Lipinski definition) is 8. The van der Waals surface area contributed by atoms with Crippen LogP contribution >= 0.6 is 0 Å². The molecule has 3 N–H and O–H groups in total. The zero-order valence-corrected chi connectivity index (χ0v) is 18.6. The van der Waals surface area contributed by atoms with Gasteiger partial charge in [-0.05, 0) is 38.2 Å². The van der Waals surface area contributed by atoms with E-state index < -0.39 is 0 Å². The summed E-state index contributed by atoms with van der Waals surface area (Å²) in [5, 5.41) is 9.13. The number of rotatable bonds is 6. The Hall–Kier alpha value is -3.72. The fraction of sp³-hybridized carbons (Fsp3) is 0.304. The summed E-state index contributed by atoms with van der Waals surface area (Å²) in [5.74, 6) is 1.89. The molecular formula is C23H28N8O. The predicted molar refractivity (Wildman–Crippen MR) is 127 cm³/mol. The van der Waals surface area contributed by atoms with Crippen LogP contribution in [0.25, 0.3) is 0 Å². The van der Waals surface area contributed by atoms with E-state index in [2.05, 4.69) is 47.7 Å². The fourth-order valence-corrected chi connectivity index (χ4v) is 3.49. The summed E-state index contributed by atoms with van der Waals surface area (Å²) in [5.41, 5.74) is 2.90. The number of benzene rings is 1. The average Bonchev–Trinajstić information content (AvgIpc) is 2.82. The summed E-state index contributed by atoms with van der Waals surface area (Å²) < 4.78 is 0. The lowest BCUT2D eigenvalue weighted by molar-refractivity contribution is 0.0964. The molecule has 0 spiro atoms. The molecule has 0 aliphatic carbocycles. The van der Waals surface area contributed by atoms with Crippen LogP contribution in [0.3, 0.4) is 0 Å². The van der Waals surface area contributed by atoms with Gasteiger partial charge in [0, 0.05) is 45.0 Å². The van der Waals surface area contributed by atoms with Crippen molar-refractivity contribution in [2.45, 2.75) is 6.92 Å². The highest BCUT2D eigenvalue weighted by atomic mass is 16.1. The van der Waals surface area contributed by atoms with Gasteiger partial charge in [-0.1, -0.05) is 12.1 Å². The number of carbonyl (C=O) groups excluding carboxylic acids is 1. The minimum Gasteiger partial charge on any atom is -0.355 e. The van der Waals surface area contributed by atoms with Gasteiger partial charge in [0.2, 0.25) is 5.95 Å². The minimum atomic E-state index is -0.162. The van der Waals surface area contributed by atoms with Crippen LogP contribution in [-0.2, 0) is 0 Å². The van der Waals surface area contributed by atoms with Crippen molar-refractivity contribution in [3.63, 3.8) is 0 Å². The second kappa shape index (κ2) is 9.61. The first-order valence-electron chi connectivity index (χ1n) is 10.6. The molecular weight excluding hydrogens is 404 g/mol. The van der Waals surface area contributed by atoms with Crippen molar-refractivity contribution in [2.24, 2.45) is 0 Å². The largest absolute Gasteiger partial charge is 0.355 e. The molecule has 4 rings (SSSR count). The van der Waals surface area contributed by atoms with E-state index in [1.54, 1.807) is 25.5 Å². The Balaban J connectivity index is 1.48. The molecule has 0 saturated carbocycles. The van der Waals surface area contributed by atoms with Crippen molar-refractivity contribution >= 4 is 34.9 Å². The lowest BCUT2D eigenvalue weighted by Gasteiger charge is -2.33. The van der Waals surface area contributed by atoms with Gasteiger partial charge in [-0.15, -0.1) is 0 Å². The van der Waals surface area contributed by atoms with Crippen LogP contribution in [-0.4, -0.2) is 66.0 Å². The van der Waals surface area contributed by atoms with Crippen molar-refractivity contribution in [2.75, 3.05) is 55.8 Å². The quantitative estimate of drug-likeness (QED) is 0.547.